The first-order valence-corrected chi connectivity index (χ1v) is 4.35. The van der Waals surface area contributed by atoms with E-state index in [1.165, 1.54) is 6.20 Å². The molecular formula is C8H3ClF3N3O. The highest BCUT2D eigenvalue weighted by molar-refractivity contribution is 6.34. The van der Waals surface area contributed by atoms with Crippen molar-refractivity contribution in [3.8, 4) is 5.75 Å². The summed E-state index contributed by atoms with van der Waals surface area (Å²) in [5, 5.41) is 8.97. The van der Waals surface area contributed by atoms with E-state index in [0.717, 1.165) is 6.20 Å². The van der Waals surface area contributed by atoms with Gasteiger partial charge in [0.25, 0.3) is 0 Å². The van der Waals surface area contributed by atoms with E-state index in [2.05, 4.69) is 15.0 Å². The van der Waals surface area contributed by atoms with E-state index in [4.69, 9.17) is 11.6 Å². The highest BCUT2D eigenvalue weighted by Crippen LogP contribution is 2.32. The van der Waals surface area contributed by atoms with Crippen molar-refractivity contribution in [3.05, 3.63) is 23.4 Å². The second-order valence-corrected chi connectivity index (χ2v) is 3.25. The maximum atomic E-state index is 12.3. The molecule has 8 heteroatoms. The largest absolute Gasteiger partial charge is 0.504 e. The molecule has 0 amide bonds. The molecule has 2 heterocycles. The SMILES string of the molecule is Oc1cncc2c(Cl)nc(C(F)(F)F)nc12. The summed E-state index contributed by atoms with van der Waals surface area (Å²) < 4.78 is 37.0. The molecule has 0 saturated heterocycles. The number of nitrogens with zero attached hydrogens (tertiary/aromatic N) is 3. The molecule has 1 N–H and O–H groups in total. The first-order chi connectivity index (χ1) is 7.39. The summed E-state index contributed by atoms with van der Waals surface area (Å²) in [6.45, 7) is 0. The minimum Gasteiger partial charge on any atom is -0.504 e. The Balaban J connectivity index is 2.81. The average Bonchev–Trinajstić information content (AvgIpc) is 2.18. The van der Waals surface area contributed by atoms with Gasteiger partial charge in [0.15, 0.2) is 5.75 Å². The molecule has 0 bridgehead atoms. The van der Waals surface area contributed by atoms with Gasteiger partial charge in [-0.2, -0.15) is 13.2 Å². The number of pyridine rings is 1. The third-order valence-electron chi connectivity index (χ3n) is 1.80. The second kappa shape index (κ2) is 3.44. The third-order valence-corrected chi connectivity index (χ3v) is 2.08. The summed E-state index contributed by atoms with van der Waals surface area (Å²) >= 11 is 5.54. The van der Waals surface area contributed by atoms with Crippen LogP contribution < -0.4 is 0 Å². The zero-order valence-electron chi connectivity index (χ0n) is 7.46. The van der Waals surface area contributed by atoms with E-state index < -0.39 is 22.9 Å². The van der Waals surface area contributed by atoms with Crippen LogP contribution in [0.3, 0.4) is 0 Å². The Morgan fingerprint density at radius 1 is 1.19 bits per heavy atom. The second-order valence-electron chi connectivity index (χ2n) is 2.89. The van der Waals surface area contributed by atoms with E-state index in [0.29, 0.717) is 0 Å². The fraction of sp³-hybridized carbons (Fsp3) is 0.125. The van der Waals surface area contributed by atoms with Crippen LogP contribution in [0.25, 0.3) is 10.9 Å². The fourth-order valence-corrected chi connectivity index (χ4v) is 1.34. The standard InChI is InChI=1S/C8H3ClF3N3O/c9-6-3-1-13-2-4(16)5(3)14-7(15-6)8(10,11)12/h1-2,16H. The van der Waals surface area contributed by atoms with Gasteiger partial charge in [0.1, 0.15) is 10.7 Å². The number of alkyl halides is 3. The predicted octanol–water partition coefficient (Wildman–Crippen LogP) is 2.40. The molecular weight excluding hydrogens is 247 g/mol. The van der Waals surface area contributed by atoms with Crippen molar-refractivity contribution in [1.29, 1.82) is 0 Å². The van der Waals surface area contributed by atoms with Crippen molar-refractivity contribution in [2.24, 2.45) is 0 Å². The van der Waals surface area contributed by atoms with Crippen LogP contribution in [0.4, 0.5) is 13.2 Å². The Morgan fingerprint density at radius 2 is 1.88 bits per heavy atom. The lowest BCUT2D eigenvalue weighted by Crippen LogP contribution is -2.11. The molecule has 0 aliphatic carbocycles. The topological polar surface area (TPSA) is 58.9 Å². The van der Waals surface area contributed by atoms with Crippen LogP contribution in [-0.4, -0.2) is 20.1 Å². The molecule has 0 aliphatic heterocycles. The van der Waals surface area contributed by atoms with Gasteiger partial charge in [-0.05, 0) is 0 Å². The van der Waals surface area contributed by atoms with Crippen molar-refractivity contribution in [2.75, 3.05) is 0 Å². The lowest BCUT2D eigenvalue weighted by molar-refractivity contribution is -0.144. The van der Waals surface area contributed by atoms with Crippen LogP contribution in [0.5, 0.6) is 5.75 Å². The van der Waals surface area contributed by atoms with Crippen LogP contribution >= 0.6 is 11.6 Å². The molecule has 84 valence electrons. The lowest BCUT2D eigenvalue weighted by atomic mass is 10.3. The summed E-state index contributed by atoms with van der Waals surface area (Å²) in [4.78, 5) is 9.86. The van der Waals surface area contributed by atoms with Gasteiger partial charge < -0.3 is 5.11 Å². The molecule has 0 unspecified atom stereocenters. The molecule has 2 rings (SSSR count). The maximum Gasteiger partial charge on any atom is 0.451 e. The maximum absolute atomic E-state index is 12.3. The third kappa shape index (κ3) is 1.73. The van der Waals surface area contributed by atoms with E-state index >= 15 is 0 Å². The van der Waals surface area contributed by atoms with E-state index in [1.807, 2.05) is 0 Å². The predicted molar refractivity (Wildman–Crippen MR) is 49.0 cm³/mol. The summed E-state index contributed by atoms with van der Waals surface area (Å²) in [6, 6.07) is 0. The number of aromatic nitrogens is 3. The molecule has 0 fully saturated rings. The van der Waals surface area contributed by atoms with Crippen LogP contribution in [0.15, 0.2) is 12.4 Å². The molecule has 4 nitrogen and oxygen atoms in total. The van der Waals surface area contributed by atoms with Crippen molar-refractivity contribution in [2.45, 2.75) is 6.18 Å². The number of hydrogen-bond donors (Lipinski definition) is 1. The molecule has 16 heavy (non-hydrogen) atoms. The average molecular weight is 250 g/mol. The number of fused-ring (bicyclic) bond motifs is 1. The number of halogens is 4. The van der Waals surface area contributed by atoms with Crippen molar-refractivity contribution >= 4 is 22.5 Å². The highest BCUT2D eigenvalue weighted by Gasteiger charge is 2.35. The normalized spacial score (nSPS) is 12.0. The monoisotopic (exact) mass is 249 g/mol. The zero-order chi connectivity index (χ0) is 11.9. The Hall–Kier alpha value is -1.63. The first-order valence-electron chi connectivity index (χ1n) is 3.97. The molecule has 0 aliphatic rings. The molecule has 0 spiro atoms. The first kappa shape index (κ1) is 10.9. The smallest absolute Gasteiger partial charge is 0.451 e. The Bertz CT molecular complexity index is 558. The van der Waals surface area contributed by atoms with Crippen molar-refractivity contribution < 1.29 is 18.3 Å². The van der Waals surface area contributed by atoms with Gasteiger partial charge in [0.05, 0.1) is 11.6 Å². The summed E-state index contributed by atoms with van der Waals surface area (Å²) in [5.74, 6) is -1.88. The van der Waals surface area contributed by atoms with Gasteiger partial charge >= 0.3 is 6.18 Å². The van der Waals surface area contributed by atoms with Gasteiger partial charge in [-0.15, -0.1) is 0 Å². The minimum atomic E-state index is -4.71. The van der Waals surface area contributed by atoms with Crippen molar-refractivity contribution in [1.82, 2.24) is 15.0 Å². The summed E-state index contributed by atoms with van der Waals surface area (Å²) in [7, 11) is 0. The Kier molecular flexibility index (Phi) is 2.34. The molecule has 2 aromatic rings. The number of aromatic hydroxyl groups is 1. The molecule has 0 aromatic carbocycles. The lowest BCUT2D eigenvalue weighted by Gasteiger charge is -2.07. The molecule has 0 saturated carbocycles. The van der Waals surface area contributed by atoms with Crippen molar-refractivity contribution in [3.63, 3.8) is 0 Å². The van der Waals surface area contributed by atoms with Gasteiger partial charge in [0, 0.05) is 6.20 Å². The minimum absolute atomic E-state index is 0.0645. The number of rotatable bonds is 0. The van der Waals surface area contributed by atoms with Crippen LogP contribution in [0.1, 0.15) is 5.82 Å². The Labute approximate surface area is 91.7 Å². The van der Waals surface area contributed by atoms with Gasteiger partial charge in [-0.3, -0.25) is 4.98 Å². The fourth-order valence-electron chi connectivity index (χ4n) is 1.12. The van der Waals surface area contributed by atoms with E-state index in [1.54, 1.807) is 0 Å². The van der Waals surface area contributed by atoms with Crippen LogP contribution in [0, 0.1) is 0 Å². The summed E-state index contributed by atoms with van der Waals surface area (Å²) in [5.41, 5.74) is -0.276. The molecule has 2 aromatic heterocycles. The zero-order valence-corrected chi connectivity index (χ0v) is 8.21. The summed E-state index contributed by atoms with van der Waals surface area (Å²) in [6.07, 6.45) is -2.56. The van der Waals surface area contributed by atoms with Gasteiger partial charge in [0.2, 0.25) is 5.82 Å². The Morgan fingerprint density at radius 3 is 2.50 bits per heavy atom. The van der Waals surface area contributed by atoms with Crippen LogP contribution in [-0.2, 0) is 6.18 Å². The quantitative estimate of drug-likeness (QED) is 0.729. The highest BCUT2D eigenvalue weighted by atomic mass is 35.5. The molecule has 0 atom stereocenters. The van der Waals surface area contributed by atoms with E-state index in [9.17, 15) is 18.3 Å². The molecule has 0 radical (unpaired) electrons. The number of hydrogen-bond acceptors (Lipinski definition) is 4. The van der Waals surface area contributed by atoms with E-state index in [-0.39, 0.29) is 10.9 Å². The van der Waals surface area contributed by atoms with Crippen LogP contribution in [0.2, 0.25) is 5.15 Å². The van der Waals surface area contributed by atoms with Gasteiger partial charge in [-0.1, -0.05) is 11.6 Å². The van der Waals surface area contributed by atoms with Gasteiger partial charge in [-0.25, -0.2) is 9.97 Å².